The number of hydrogen-bond donors (Lipinski definition) is 0. The van der Waals surface area contributed by atoms with Gasteiger partial charge >= 0.3 is 21.3 Å². The third kappa shape index (κ3) is 2.00. The van der Waals surface area contributed by atoms with Crippen LogP contribution in [0.25, 0.3) is 0 Å². The molecule has 1 heterocycles. The van der Waals surface area contributed by atoms with Gasteiger partial charge in [-0.2, -0.15) is 25.6 Å². The van der Waals surface area contributed by atoms with E-state index in [2.05, 4.69) is 8.92 Å². The number of carbonyl (C=O) groups excluding carboxylic acids is 1. The van der Waals surface area contributed by atoms with Gasteiger partial charge in [0.05, 0.1) is 12.4 Å². The Morgan fingerprint density at radius 3 is 2.55 bits per heavy atom. The number of esters is 1. The van der Waals surface area contributed by atoms with Crippen LogP contribution in [-0.2, 0) is 38.1 Å². The topological polar surface area (TPSA) is 113 Å². The van der Waals surface area contributed by atoms with E-state index in [9.17, 15) is 30.4 Å². The molecule has 1 saturated heterocycles. The van der Waals surface area contributed by atoms with Gasteiger partial charge in [0, 0.05) is 11.8 Å². The summed E-state index contributed by atoms with van der Waals surface area (Å²) in [4.78, 5) is 11.5. The van der Waals surface area contributed by atoms with E-state index >= 15 is 0 Å². The van der Waals surface area contributed by atoms with E-state index in [1.54, 1.807) is 0 Å². The van der Waals surface area contributed by atoms with E-state index in [4.69, 9.17) is 4.18 Å². The lowest BCUT2D eigenvalue weighted by atomic mass is 9.94. The molecule has 0 aromatic heterocycles. The smallest absolute Gasteiger partial charge is 0.454 e. The molecular formula is C10H12F2O8S2. The molecule has 126 valence electrons. The molecule has 2 aliphatic carbocycles. The zero-order valence-electron chi connectivity index (χ0n) is 11.1. The molecule has 1 aliphatic heterocycles. The Kier molecular flexibility index (Phi) is 3.34. The molecule has 0 spiro atoms. The fourth-order valence-electron chi connectivity index (χ4n) is 3.44. The van der Waals surface area contributed by atoms with Crippen LogP contribution >= 0.6 is 0 Å². The van der Waals surface area contributed by atoms with Crippen LogP contribution in [0.2, 0.25) is 0 Å². The van der Waals surface area contributed by atoms with Crippen molar-refractivity contribution in [3.8, 4) is 0 Å². The normalized spacial score (nSPS) is 39.1. The van der Waals surface area contributed by atoms with Crippen LogP contribution in [-0.4, -0.2) is 52.6 Å². The largest absolute Gasteiger partial charge is 0.466 e. The highest BCUT2D eigenvalue weighted by molar-refractivity contribution is 7.88. The van der Waals surface area contributed by atoms with E-state index in [1.165, 1.54) is 0 Å². The summed E-state index contributed by atoms with van der Waals surface area (Å²) < 4.78 is 85.6. The maximum absolute atomic E-state index is 13.5. The molecular weight excluding hydrogens is 350 g/mol. The van der Waals surface area contributed by atoms with Crippen LogP contribution in [0.1, 0.15) is 12.8 Å². The van der Waals surface area contributed by atoms with Crippen molar-refractivity contribution in [2.45, 2.75) is 35.6 Å². The minimum absolute atomic E-state index is 0.143. The first-order valence-corrected chi connectivity index (χ1v) is 9.20. The summed E-state index contributed by atoms with van der Waals surface area (Å²) in [6, 6.07) is 0. The highest BCUT2D eigenvalue weighted by atomic mass is 32.2. The molecule has 22 heavy (non-hydrogen) atoms. The summed E-state index contributed by atoms with van der Waals surface area (Å²) in [7, 11) is -8.75. The lowest BCUT2D eigenvalue weighted by molar-refractivity contribution is -0.173. The van der Waals surface area contributed by atoms with Gasteiger partial charge in [0.25, 0.3) is 10.1 Å². The molecule has 8 nitrogen and oxygen atoms in total. The monoisotopic (exact) mass is 362 g/mol. The number of rotatable bonds is 4. The maximum atomic E-state index is 13.5. The summed E-state index contributed by atoms with van der Waals surface area (Å²) in [5.74, 6) is -3.15. The molecule has 0 N–H and O–H groups in total. The van der Waals surface area contributed by atoms with Gasteiger partial charge in [-0.3, -0.25) is 8.37 Å². The molecule has 0 radical (unpaired) electrons. The summed E-state index contributed by atoms with van der Waals surface area (Å²) >= 11 is 0. The first kappa shape index (κ1) is 16.0. The average Bonchev–Trinajstić information content (AvgIpc) is 3.02. The number of halogens is 2. The van der Waals surface area contributed by atoms with Gasteiger partial charge in [-0.05, 0) is 12.8 Å². The Hall–Kier alpha value is -0.850. The van der Waals surface area contributed by atoms with Gasteiger partial charge in [-0.15, -0.1) is 0 Å². The van der Waals surface area contributed by atoms with Crippen molar-refractivity contribution in [2.24, 2.45) is 11.8 Å². The molecule has 0 aromatic rings. The van der Waals surface area contributed by atoms with Crippen LogP contribution in [0.15, 0.2) is 0 Å². The van der Waals surface area contributed by atoms with Crippen LogP contribution in [0.3, 0.4) is 0 Å². The fraction of sp³-hybridized carbons (Fsp3) is 0.900. The van der Waals surface area contributed by atoms with Crippen molar-refractivity contribution in [3.63, 3.8) is 0 Å². The second-order valence-electron chi connectivity index (χ2n) is 5.49. The minimum Gasteiger partial charge on any atom is -0.454 e. The Balaban J connectivity index is 1.80. The van der Waals surface area contributed by atoms with Crippen LogP contribution in [0, 0.1) is 11.8 Å². The number of fused-ring (bicyclic) bond motifs is 1. The van der Waals surface area contributed by atoms with Crippen LogP contribution in [0.4, 0.5) is 8.78 Å². The average molecular weight is 362 g/mol. The number of ether oxygens (including phenoxy) is 1. The zero-order valence-corrected chi connectivity index (χ0v) is 12.8. The molecule has 2 saturated carbocycles. The molecule has 2 bridgehead atoms. The van der Waals surface area contributed by atoms with Crippen molar-refractivity contribution >= 4 is 26.2 Å². The third-order valence-electron chi connectivity index (χ3n) is 4.43. The Labute approximate surface area is 125 Å². The van der Waals surface area contributed by atoms with Crippen molar-refractivity contribution < 1.29 is 43.5 Å². The molecule has 0 amide bonds. The first-order chi connectivity index (χ1) is 10.0. The molecule has 5 unspecified atom stereocenters. The number of carbonyl (C=O) groups is 1. The third-order valence-corrected chi connectivity index (χ3v) is 7.44. The number of alkyl halides is 2. The summed E-state index contributed by atoms with van der Waals surface area (Å²) in [5.41, 5.74) is 0. The quantitative estimate of drug-likeness (QED) is 0.491. The maximum Gasteiger partial charge on any atom is 0.466 e. The second kappa shape index (κ2) is 4.58. The Bertz CT molecular complexity index is 715. The molecule has 3 rings (SSSR count). The number of hydrogen-bond acceptors (Lipinski definition) is 8. The van der Waals surface area contributed by atoms with E-state index in [1.807, 2.05) is 0 Å². The lowest BCUT2D eigenvalue weighted by Crippen LogP contribution is -2.45. The summed E-state index contributed by atoms with van der Waals surface area (Å²) in [6.07, 6.45) is -1.72. The summed E-state index contributed by atoms with van der Waals surface area (Å²) in [6.45, 7) is 0. The van der Waals surface area contributed by atoms with Gasteiger partial charge in [0.1, 0.15) is 12.2 Å². The predicted molar refractivity (Wildman–Crippen MR) is 64.6 cm³/mol. The molecule has 3 aliphatic rings. The molecule has 5 atom stereocenters. The standard InChI is InChI=1S/C10H12F2O8S2/c1-18-22(16,17)10(11,12)9(13)19-7-4-2-5-6(3-4)21(14,15)20-8(5)7/h4-8H,2-3H2,1H3. The van der Waals surface area contributed by atoms with Gasteiger partial charge in [-0.25, -0.2) is 4.79 Å². The Morgan fingerprint density at radius 2 is 1.95 bits per heavy atom. The lowest BCUT2D eigenvalue weighted by Gasteiger charge is -2.26. The van der Waals surface area contributed by atoms with Crippen molar-refractivity contribution in [1.82, 2.24) is 0 Å². The first-order valence-electron chi connectivity index (χ1n) is 6.32. The summed E-state index contributed by atoms with van der Waals surface area (Å²) in [5, 5.41) is -5.58. The van der Waals surface area contributed by atoms with Crippen LogP contribution in [0.5, 0.6) is 0 Å². The van der Waals surface area contributed by atoms with Gasteiger partial charge < -0.3 is 4.74 Å². The van der Waals surface area contributed by atoms with Crippen molar-refractivity contribution in [3.05, 3.63) is 0 Å². The molecule has 12 heteroatoms. The van der Waals surface area contributed by atoms with E-state index < -0.39 is 60.8 Å². The SMILES string of the molecule is COS(=O)(=O)C(F)(F)C(=O)OC1C2CC3C1OS(=O)(=O)C3C2. The minimum atomic E-state index is -5.46. The van der Waals surface area contributed by atoms with E-state index in [0.717, 1.165) is 0 Å². The molecule has 0 aromatic carbocycles. The highest BCUT2D eigenvalue weighted by Crippen LogP contribution is 2.55. The predicted octanol–water partition coefficient (Wildman–Crippen LogP) is -0.396. The fourth-order valence-corrected chi connectivity index (χ4v) is 5.79. The van der Waals surface area contributed by atoms with Gasteiger partial charge in [0.2, 0.25) is 0 Å². The van der Waals surface area contributed by atoms with Gasteiger partial charge in [-0.1, -0.05) is 0 Å². The van der Waals surface area contributed by atoms with Gasteiger partial charge in [0.15, 0.2) is 0 Å². The van der Waals surface area contributed by atoms with E-state index in [-0.39, 0.29) is 6.42 Å². The second-order valence-corrected chi connectivity index (χ2v) is 9.03. The highest BCUT2D eigenvalue weighted by Gasteiger charge is 2.67. The zero-order chi connectivity index (χ0) is 16.5. The molecule has 3 fully saturated rings. The van der Waals surface area contributed by atoms with E-state index in [0.29, 0.717) is 13.5 Å². The van der Waals surface area contributed by atoms with Crippen molar-refractivity contribution in [1.29, 1.82) is 0 Å². The van der Waals surface area contributed by atoms with Crippen LogP contribution < -0.4 is 0 Å². The van der Waals surface area contributed by atoms with Crippen molar-refractivity contribution in [2.75, 3.05) is 7.11 Å². The Morgan fingerprint density at radius 1 is 1.32 bits per heavy atom.